The van der Waals surface area contributed by atoms with Crippen LogP contribution in [0.1, 0.15) is 35.4 Å². The Kier molecular flexibility index (Phi) is 9.79. The second-order valence-corrected chi connectivity index (χ2v) is 16.2. The average Bonchev–Trinajstić information content (AvgIpc) is 3.56. The number of phenolic OH excluding ortho intramolecular Hbond substituents is 2. The minimum absolute atomic E-state index is 0.0911. The van der Waals surface area contributed by atoms with Gasteiger partial charge in [-0.25, -0.2) is 0 Å². The van der Waals surface area contributed by atoms with Crippen molar-refractivity contribution >= 4 is 68.4 Å². The van der Waals surface area contributed by atoms with Gasteiger partial charge in [0.05, 0.1) is 52.6 Å². The second-order valence-electron chi connectivity index (χ2n) is 14.5. The maximum absolute atomic E-state index is 15.5. The van der Waals surface area contributed by atoms with Crippen LogP contribution in [-0.2, 0) is 31.0 Å². The largest absolute Gasteiger partial charge is 0.508 e. The Labute approximate surface area is 340 Å². The maximum Gasteiger partial charge on any atom is 0.260 e. The van der Waals surface area contributed by atoms with Gasteiger partial charge in [-0.05, 0) is 112 Å². The van der Waals surface area contributed by atoms with Crippen LogP contribution in [0, 0.1) is 23.7 Å². The highest BCUT2D eigenvalue weighted by Gasteiger charge is 2.70. The molecule has 4 amide bonds. The van der Waals surface area contributed by atoms with Crippen molar-refractivity contribution < 1.29 is 38.9 Å². The molecule has 56 heavy (non-hydrogen) atoms. The Balaban J connectivity index is 1.29. The first kappa shape index (κ1) is 37.9. The number of benzene rings is 4. The maximum atomic E-state index is 15.5. The van der Waals surface area contributed by atoms with Gasteiger partial charge in [-0.3, -0.25) is 29.5 Å². The number of rotatable bonds is 9. The Morgan fingerprint density at radius 1 is 0.875 bits per heavy atom. The molecule has 1 saturated carbocycles. The predicted molar refractivity (Wildman–Crippen MR) is 212 cm³/mol. The van der Waals surface area contributed by atoms with Gasteiger partial charge in [0, 0.05) is 17.5 Å². The molecule has 4 aliphatic rings. The normalized spacial score (nSPS) is 25.4. The van der Waals surface area contributed by atoms with E-state index < -0.39 is 46.8 Å². The van der Waals surface area contributed by atoms with E-state index in [1.165, 1.54) is 25.2 Å². The van der Waals surface area contributed by atoms with Crippen molar-refractivity contribution in [1.29, 1.82) is 0 Å². The van der Waals surface area contributed by atoms with Crippen LogP contribution in [-0.4, -0.2) is 64.5 Å². The number of likely N-dealkylation sites (tertiary alicyclic amines) is 1. The topological polar surface area (TPSA) is 146 Å². The number of carbonyl (C=O) groups is 4. The zero-order valence-electron chi connectivity index (χ0n) is 30.2. The van der Waals surface area contributed by atoms with Crippen molar-refractivity contribution in [3.05, 3.63) is 122 Å². The average molecular weight is 862 g/mol. The molecule has 3 fully saturated rings. The van der Waals surface area contributed by atoms with E-state index >= 15 is 4.79 Å². The highest BCUT2D eigenvalue weighted by Crippen LogP contribution is 2.64. The highest BCUT2D eigenvalue weighted by atomic mass is 79.9. The number of halogens is 3. The minimum atomic E-state index is -1.59. The number of hydrazine groups is 1. The fourth-order valence-electron chi connectivity index (χ4n) is 9.32. The van der Waals surface area contributed by atoms with Gasteiger partial charge >= 0.3 is 0 Å². The van der Waals surface area contributed by atoms with Gasteiger partial charge in [0.15, 0.2) is 11.5 Å². The third-order valence-electron chi connectivity index (χ3n) is 11.8. The lowest BCUT2D eigenvalue weighted by Crippen LogP contribution is -2.53. The Morgan fingerprint density at radius 2 is 1.61 bits per heavy atom. The van der Waals surface area contributed by atoms with Gasteiger partial charge in [0.1, 0.15) is 11.5 Å². The number of nitrogens with one attached hydrogen (secondary N) is 1. The molecule has 8 rings (SSSR count). The summed E-state index contributed by atoms with van der Waals surface area (Å²) in [4.78, 5) is 60.3. The summed E-state index contributed by atoms with van der Waals surface area (Å²) in [6.07, 6.45) is 2.70. The van der Waals surface area contributed by atoms with E-state index in [2.05, 4.69) is 21.4 Å². The molecule has 3 N–H and O–H groups in total. The number of ether oxygens (including phenoxy) is 2. The molecule has 11 nitrogen and oxygen atoms in total. The van der Waals surface area contributed by atoms with Crippen LogP contribution >= 0.6 is 39.1 Å². The van der Waals surface area contributed by atoms with Crippen LogP contribution < -0.4 is 14.9 Å². The molecule has 288 valence electrons. The summed E-state index contributed by atoms with van der Waals surface area (Å²) in [5.41, 5.74) is 4.37. The third-order valence-corrected chi connectivity index (χ3v) is 13.0. The standard InChI is InChI=1S/C42H36BrCl2N3O8/c1-55-26-10-5-23(6-11-26)42-30(39(52)48(41(42)54)46-33-14-7-24(44)19-32(33)45)20-29-27(36(42)22-17-31(43)37(50)34(18-22)56-2)12-13-28-35(29)40(53)47(38(28)51)16-15-21-3-8-25(49)9-4-21/h3-12,14,17-19,28-30,35-36,46,49-50H,13,15-16,20H2,1-2H3. The number of nitrogens with zero attached hydrogens (tertiary/aromatic N) is 2. The SMILES string of the molecule is COc1ccc(C23C(=O)N(Nc4ccc(Cl)cc4Cl)C(=O)C2CC2C(=CCC4C(=O)N(CCc5ccc(O)cc5)C(=O)C42)C3c2cc(Br)c(O)c(OC)c2)cc1. The molecule has 14 heteroatoms. The second kappa shape index (κ2) is 14.5. The fraction of sp³-hybridized carbons (Fsp3) is 0.286. The molecule has 2 saturated heterocycles. The lowest BCUT2D eigenvalue weighted by molar-refractivity contribution is -0.141. The summed E-state index contributed by atoms with van der Waals surface area (Å²) in [5.74, 6) is -4.96. The molecule has 2 aliphatic heterocycles. The van der Waals surface area contributed by atoms with E-state index in [-0.39, 0.29) is 59.2 Å². The molecular weight excluding hydrogens is 825 g/mol. The first-order valence-corrected chi connectivity index (χ1v) is 19.6. The first-order valence-electron chi connectivity index (χ1n) is 18.0. The highest BCUT2D eigenvalue weighted by molar-refractivity contribution is 9.10. The Bertz CT molecular complexity index is 2320. The molecule has 0 radical (unpaired) electrons. The van der Waals surface area contributed by atoms with E-state index in [0.29, 0.717) is 32.8 Å². The van der Waals surface area contributed by atoms with Gasteiger partial charge in [-0.1, -0.05) is 59.1 Å². The summed E-state index contributed by atoms with van der Waals surface area (Å²) in [6.45, 7) is 0.152. The summed E-state index contributed by atoms with van der Waals surface area (Å²) in [5, 5.41) is 22.2. The summed E-state index contributed by atoms with van der Waals surface area (Å²) in [6, 6.07) is 21.7. The lowest BCUT2D eigenvalue weighted by atomic mass is 9.49. The van der Waals surface area contributed by atoms with E-state index in [1.807, 2.05) is 6.08 Å². The number of methoxy groups -OCH3 is 2. The number of hydrogen-bond acceptors (Lipinski definition) is 9. The lowest BCUT2D eigenvalue weighted by Gasteiger charge is -2.50. The number of fused-ring (bicyclic) bond motifs is 4. The van der Waals surface area contributed by atoms with Crippen LogP contribution in [0.15, 0.2) is 95.0 Å². The number of anilines is 1. The quantitative estimate of drug-likeness (QED) is 0.116. The smallest absolute Gasteiger partial charge is 0.260 e. The van der Waals surface area contributed by atoms with Crippen molar-refractivity contribution in [1.82, 2.24) is 9.91 Å². The van der Waals surface area contributed by atoms with Crippen molar-refractivity contribution in [3.8, 4) is 23.0 Å². The van der Waals surface area contributed by atoms with Gasteiger partial charge in [-0.15, -0.1) is 0 Å². The number of amides is 4. The van der Waals surface area contributed by atoms with Gasteiger partial charge < -0.3 is 19.7 Å². The van der Waals surface area contributed by atoms with Crippen molar-refractivity contribution in [2.75, 3.05) is 26.2 Å². The van der Waals surface area contributed by atoms with Gasteiger partial charge in [0.2, 0.25) is 11.8 Å². The summed E-state index contributed by atoms with van der Waals surface area (Å²) in [7, 11) is 2.95. The Hall–Kier alpha value is -5.04. The first-order chi connectivity index (χ1) is 26.9. The molecule has 6 atom stereocenters. The van der Waals surface area contributed by atoms with Gasteiger partial charge in [-0.2, -0.15) is 5.01 Å². The fourth-order valence-corrected chi connectivity index (χ4v) is 10.2. The molecule has 6 unspecified atom stereocenters. The molecule has 0 spiro atoms. The number of phenols is 2. The zero-order chi connectivity index (χ0) is 39.6. The minimum Gasteiger partial charge on any atom is -0.508 e. The van der Waals surface area contributed by atoms with Gasteiger partial charge in [0.25, 0.3) is 11.8 Å². The van der Waals surface area contributed by atoms with Crippen molar-refractivity contribution in [3.63, 3.8) is 0 Å². The molecule has 2 heterocycles. The van der Waals surface area contributed by atoms with E-state index in [0.717, 1.165) is 16.1 Å². The third kappa shape index (κ3) is 5.92. The number of imide groups is 2. The van der Waals surface area contributed by atoms with Crippen LogP contribution in [0.4, 0.5) is 5.69 Å². The van der Waals surface area contributed by atoms with E-state index in [1.54, 1.807) is 72.8 Å². The predicted octanol–water partition coefficient (Wildman–Crippen LogP) is 7.41. The monoisotopic (exact) mass is 859 g/mol. The molecular formula is C42H36BrCl2N3O8. The van der Waals surface area contributed by atoms with Crippen LogP contribution in [0.25, 0.3) is 0 Å². The zero-order valence-corrected chi connectivity index (χ0v) is 33.3. The molecule has 4 aromatic rings. The molecule has 2 aliphatic carbocycles. The molecule has 0 bridgehead atoms. The van der Waals surface area contributed by atoms with E-state index in [4.69, 9.17) is 32.7 Å². The molecule has 4 aromatic carbocycles. The van der Waals surface area contributed by atoms with Crippen LogP contribution in [0.2, 0.25) is 10.0 Å². The number of hydrogen-bond donors (Lipinski definition) is 3. The van der Waals surface area contributed by atoms with Crippen LogP contribution in [0.5, 0.6) is 23.0 Å². The molecule has 0 aromatic heterocycles. The number of carbonyl (C=O) groups excluding carboxylic acids is 4. The summed E-state index contributed by atoms with van der Waals surface area (Å²) >= 11 is 16.2. The van der Waals surface area contributed by atoms with Crippen molar-refractivity contribution in [2.24, 2.45) is 23.7 Å². The van der Waals surface area contributed by atoms with E-state index in [9.17, 15) is 24.6 Å². The van der Waals surface area contributed by atoms with Crippen LogP contribution in [0.3, 0.4) is 0 Å². The number of aromatic hydroxyl groups is 2. The summed E-state index contributed by atoms with van der Waals surface area (Å²) < 4.78 is 11.4. The number of allylic oxidation sites excluding steroid dienone is 2. The Morgan fingerprint density at radius 3 is 2.29 bits per heavy atom. The van der Waals surface area contributed by atoms with Crippen molar-refractivity contribution in [2.45, 2.75) is 30.6 Å².